The van der Waals surface area contributed by atoms with Crippen LogP contribution in [0.1, 0.15) is 0 Å². The van der Waals surface area contributed by atoms with Gasteiger partial charge in [0.1, 0.15) is 33.0 Å². The molecule has 0 atom stereocenters. The van der Waals surface area contributed by atoms with Gasteiger partial charge in [0, 0.05) is 17.2 Å². The summed E-state index contributed by atoms with van der Waals surface area (Å²) >= 11 is 3.03. The number of hydrogen-bond acceptors (Lipinski definition) is 9. The van der Waals surface area contributed by atoms with Crippen LogP contribution >= 0.6 is 22.7 Å². The summed E-state index contributed by atoms with van der Waals surface area (Å²) in [4.78, 5) is 9.92. The lowest BCUT2D eigenvalue weighted by Gasteiger charge is -2.20. The van der Waals surface area contributed by atoms with E-state index >= 15 is 0 Å². The Morgan fingerprint density at radius 3 is 1.87 bits per heavy atom. The van der Waals surface area contributed by atoms with Gasteiger partial charge in [-0.25, -0.2) is 14.6 Å². The molecular weight excluding hydrogens is 701 g/mol. The summed E-state index contributed by atoms with van der Waals surface area (Å²) < 4.78 is 22.3. The fourth-order valence-electron chi connectivity index (χ4n) is 6.35. The Hall–Kier alpha value is -6.49. The lowest BCUT2D eigenvalue weighted by atomic mass is 10.1. The molecule has 8 nitrogen and oxygen atoms in total. The highest BCUT2D eigenvalue weighted by Crippen LogP contribution is 2.51. The fraction of sp³-hybridized carbons (Fsp3) is 0.0465. The fourth-order valence-corrected chi connectivity index (χ4v) is 8.35. The van der Waals surface area contributed by atoms with E-state index in [1.165, 1.54) is 11.3 Å². The van der Waals surface area contributed by atoms with Crippen molar-refractivity contribution < 1.29 is 19.3 Å². The zero-order valence-electron chi connectivity index (χ0n) is 28.6. The van der Waals surface area contributed by atoms with Crippen LogP contribution in [-0.2, 0) is 0 Å². The Kier molecular flexibility index (Phi) is 8.30. The minimum absolute atomic E-state index is 0.110. The van der Waals surface area contributed by atoms with E-state index in [0.29, 0.717) is 33.5 Å². The van der Waals surface area contributed by atoms with E-state index in [1.807, 2.05) is 132 Å². The SMILES string of the molecule is COc1ccc(Oc2cc(OC)c(-n3nc(-c4ccccc4)cc3-c3ccccc3)c(-c3nc4ccccc4s3)c2O)c(-c2nc3ccccc3s2)c1. The summed E-state index contributed by atoms with van der Waals surface area (Å²) in [6.45, 7) is 0. The first kappa shape index (κ1) is 32.4. The van der Waals surface area contributed by atoms with Gasteiger partial charge in [-0.15, -0.1) is 22.7 Å². The van der Waals surface area contributed by atoms with Gasteiger partial charge in [0.15, 0.2) is 11.5 Å². The van der Waals surface area contributed by atoms with E-state index in [2.05, 4.69) is 6.07 Å². The number of benzene rings is 6. The van der Waals surface area contributed by atoms with Crippen molar-refractivity contribution in [1.29, 1.82) is 0 Å². The van der Waals surface area contributed by atoms with E-state index in [4.69, 9.17) is 29.3 Å². The van der Waals surface area contributed by atoms with Gasteiger partial charge in [-0.3, -0.25) is 0 Å². The van der Waals surface area contributed by atoms with Gasteiger partial charge in [-0.2, -0.15) is 5.10 Å². The van der Waals surface area contributed by atoms with E-state index in [1.54, 1.807) is 31.6 Å². The third-order valence-corrected chi connectivity index (χ3v) is 11.0. The molecule has 3 heterocycles. The summed E-state index contributed by atoms with van der Waals surface area (Å²) in [5.74, 6) is 1.65. The van der Waals surface area contributed by atoms with Gasteiger partial charge in [0.25, 0.3) is 0 Å². The molecule has 53 heavy (non-hydrogen) atoms. The van der Waals surface area contributed by atoms with Crippen LogP contribution in [0.15, 0.2) is 140 Å². The average Bonchev–Trinajstić information content (AvgIpc) is 3.96. The molecule has 0 bridgehead atoms. The van der Waals surface area contributed by atoms with Crippen molar-refractivity contribution in [2.24, 2.45) is 0 Å². The van der Waals surface area contributed by atoms with Crippen molar-refractivity contribution in [2.75, 3.05) is 14.2 Å². The van der Waals surface area contributed by atoms with Crippen LogP contribution < -0.4 is 14.2 Å². The van der Waals surface area contributed by atoms with Crippen LogP contribution in [0, 0.1) is 0 Å². The second-order valence-corrected chi connectivity index (χ2v) is 14.2. The quantitative estimate of drug-likeness (QED) is 0.158. The molecule has 0 amide bonds. The zero-order chi connectivity index (χ0) is 35.9. The summed E-state index contributed by atoms with van der Waals surface area (Å²) in [5.41, 5.74) is 6.84. The number of aromatic nitrogens is 4. The van der Waals surface area contributed by atoms with E-state index in [-0.39, 0.29) is 11.5 Å². The van der Waals surface area contributed by atoms with E-state index in [9.17, 15) is 5.11 Å². The molecule has 10 heteroatoms. The molecule has 1 N–H and O–H groups in total. The van der Waals surface area contributed by atoms with E-state index < -0.39 is 0 Å². The van der Waals surface area contributed by atoms with Crippen molar-refractivity contribution >= 4 is 43.1 Å². The molecule has 0 aliphatic rings. The molecule has 3 aromatic heterocycles. The average molecular weight is 731 g/mol. The second-order valence-electron chi connectivity index (χ2n) is 12.1. The smallest absolute Gasteiger partial charge is 0.173 e. The third kappa shape index (κ3) is 5.93. The largest absolute Gasteiger partial charge is 0.504 e. The van der Waals surface area contributed by atoms with Gasteiger partial charge >= 0.3 is 0 Å². The van der Waals surface area contributed by atoms with Crippen molar-refractivity contribution in [3.8, 4) is 78.1 Å². The number of phenolic OH excluding ortho intramolecular Hbond substituents is 1. The summed E-state index contributed by atoms with van der Waals surface area (Å²) in [6, 6.07) is 45.2. The molecule has 0 aliphatic heterocycles. The van der Waals surface area contributed by atoms with Crippen LogP contribution in [0.3, 0.4) is 0 Å². The molecule has 0 saturated carbocycles. The van der Waals surface area contributed by atoms with Gasteiger partial charge in [0.05, 0.1) is 57.2 Å². The number of nitrogens with zero attached hydrogens (tertiary/aromatic N) is 4. The lowest BCUT2D eigenvalue weighted by Crippen LogP contribution is -2.06. The minimum atomic E-state index is -0.110. The zero-order valence-corrected chi connectivity index (χ0v) is 30.2. The Bertz CT molecular complexity index is 2690. The molecule has 9 rings (SSSR count). The lowest BCUT2D eigenvalue weighted by molar-refractivity contribution is 0.389. The van der Waals surface area contributed by atoms with Crippen LogP contribution in [0.4, 0.5) is 0 Å². The number of thiazole rings is 2. The van der Waals surface area contributed by atoms with Crippen molar-refractivity contribution in [2.45, 2.75) is 0 Å². The predicted octanol–water partition coefficient (Wildman–Crippen LogP) is 11.3. The number of ether oxygens (including phenoxy) is 3. The molecular formula is C43H30N4O4S2. The molecule has 9 aromatic rings. The number of hydrogen-bond donors (Lipinski definition) is 1. The van der Waals surface area contributed by atoms with Crippen LogP contribution in [-0.4, -0.2) is 39.1 Å². The Morgan fingerprint density at radius 1 is 0.585 bits per heavy atom. The number of para-hydroxylation sites is 2. The van der Waals surface area contributed by atoms with Crippen LogP contribution in [0.5, 0.6) is 28.7 Å². The minimum Gasteiger partial charge on any atom is -0.504 e. The number of phenols is 1. The number of aromatic hydroxyl groups is 1. The molecule has 0 aliphatic carbocycles. The first-order valence-electron chi connectivity index (χ1n) is 16.8. The Balaban J connectivity index is 1.28. The van der Waals surface area contributed by atoms with E-state index in [0.717, 1.165) is 53.5 Å². The number of rotatable bonds is 9. The highest BCUT2D eigenvalue weighted by molar-refractivity contribution is 7.22. The van der Waals surface area contributed by atoms with Crippen molar-refractivity contribution in [3.05, 3.63) is 140 Å². The normalized spacial score (nSPS) is 11.3. The molecule has 0 fully saturated rings. The maximum absolute atomic E-state index is 12.5. The van der Waals surface area contributed by atoms with Crippen molar-refractivity contribution in [3.63, 3.8) is 0 Å². The molecule has 258 valence electrons. The standard InChI is InChI=1S/C43H30N4O4S2/c1-49-28-21-22-34(29(23-28)42-44-30-17-9-11-19-37(30)52-42)51-36-25-35(50-2)40(39(41(36)48)43-45-31-18-10-12-20-38(31)53-43)47-33(27-15-7-4-8-16-27)24-32(46-47)26-13-5-3-6-14-26/h3-25,48H,1-2H3. The molecule has 0 spiro atoms. The third-order valence-electron chi connectivity index (χ3n) is 8.92. The summed E-state index contributed by atoms with van der Waals surface area (Å²) in [5, 5.41) is 19.0. The number of fused-ring (bicyclic) bond motifs is 2. The molecule has 0 unspecified atom stereocenters. The molecule has 6 aromatic carbocycles. The Morgan fingerprint density at radius 2 is 1.21 bits per heavy atom. The second kappa shape index (κ2) is 13.6. The maximum Gasteiger partial charge on any atom is 0.173 e. The Labute approximate surface area is 312 Å². The molecule has 0 saturated heterocycles. The van der Waals surface area contributed by atoms with Crippen LogP contribution in [0.2, 0.25) is 0 Å². The maximum atomic E-state index is 12.5. The number of methoxy groups -OCH3 is 2. The topological polar surface area (TPSA) is 91.5 Å². The van der Waals surface area contributed by atoms with Gasteiger partial charge in [-0.1, -0.05) is 84.9 Å². The monoisotopic (exact) mass is 730 g/mol. The highest BCUT2D eigenvalue weighted by Gasteiger charge is 2.29. The van der Waals surface area contributed by atoms with Gasteiger partial charge in [0.2, 0.25) is 0 Å². The highest BCUT2D eigenvalue weighted by atomic mass is 32.1. The van der Waals surface area contributed by atoms with Crippen LogP contribution in [0.25, 0.3) is 69.8 Å². The summed E-state index contributed by atoms with van der Waals surface area (Å²) in [7, 11) is 3.23. The summed E-state index contributed by atoms with van der Waals surface area (Å²) in [6.07, 6.45) is 0. The van der Waals surface area contributed by atoms with Crippen molar-refractivity contribution in [1.82, 2.24) is 19.7 Å². The predicted molar refractivity (Wildman–Crippen MR) is 213 cm³/mol. The molecule has 0 radical (unpaired) electrons. The first-order valence-corrected chi connectivity index (χ1v) is 18.4. The van der Waals surface area contributed by atoms with Gasteiger partial charge in [-0.05, 0) is 48.5 Å². The first-order chi connectivity index (χ1) is 26.1. The van der Waals surface area contributed by atoms with Gasteiger partial charge < -0.3 is 19.3 Å².